The van der Waals surface area contributed by atoms with Crippen LogP contribution in [-0.2, 0) is 0 Å². The molecule has 0 saturated carbocycles. The van der Waals surface area contributed by atoms with Crippen LogP contribution in [0.5, 0.6) is 0 Å². The van der Waals surface area contributed by atoms with E-state index in [1.165, 1.54) is 0 Å². The van der Waals surface area contributed by atoms with Gasteiger partial charge in [0.05, 0.1) is 0 Å². The molecular formula is C8H18N2O2. The molecule has 0 aromatic rings. The summed E-state index contributed by atoms with van der Waals surface area (Å²) in [5.41, 5.74) is 0. The second-order valence-electron chi connectivity index (χ2n) is 3.59. The molecule has 1 heterocycles. The molecule has 12 heavy (non-hydrogen) atoms. The Kier molecular flexibility index (Phi) is 3.46. The van der Waals surface area contributed by atoms with E-state index in [-0.39, 0.29) is 0 Å². The molecule has 0 aliphatic carbocycles. The van der Waals surface area contributed by atoms with Gasteiger partial charge in [0.1, 0.15) is 0 Å². The van der Waals surface area contributed by atoms with E-state index in [2.05, 4.69) is 24.1 Å². The zero-order chi connectivity index (χ0) is 9.14. The zero-order valence-electron chi connectivity index (χ0n) is 7.70. The van der Waals surface area contributed by atoms with Crippen LogP contribution in [0, 0.1) is 0 Å². The van der Waals surface area contributed by atoms with Gasteiger partial charge in [-0.3, -0.25) is 4.90 Å². The average molecular weight is 174 g/mol. The summed E-state index contributed by atoms with van der Waals surface area (Å²) < 4.78 is 0. The van der Waals surface area contributed by atoms with Crippen molar-refractivity contribution in [2.24, 2.45) is 0 Å². The number of nitrogens with zero attached hydrogens (tertiary/aromatic N) is 1. The number of β-amino-alcohol motifs (C(OH)–C–C–N with tert-alkyl or cyclic N) is 2. The van der Waals surface area contributed by atoms with E-state index in [1.807, 2.05) is 0 Å². The summed E-state index contributed by atoms with van der Waals surface area (Å²) in [5.74, 6) is 0. The van der Waals surface area contributed by atoms with Crippen molar-refractivity contribution in [1.29, 1.82) is 0 Å². The molecule has 1 aliphatic heterocycles. The molecule has 1 rings (SSSR count). The van der Waals surface area contributed by atoms with Gasteiger partial charge in [0, 0.05) is 31.7 Å². The lowest BCUT2D eigenvalue weighted by molar-refractivity contribution is -0.0716. The van der Waals surface area contributed by atoms with Crippen LogP contribution in [0.3, 0.4) is 0 Å². The minimum Gasteiger partial charge on any atom is -0.367 e. The minimum absolute atomic E-state index is 0.354. The minimum atomic E-state index is -1.21. The van der Waals surface area contributed by atoms with Crippen LogP contribution in [0.2, 0.25) is 0 Å². The molecule has 0 radical (unpaired) electrons. The highest BCUT2D eigenvalue weighted by molar-refractivity contribution is 4.81. The summed E-state index contributed by atoms with van der Waals surface area (Å²) in [7, 11) is 0. The molecule has 0 spiro atoms. The molecule has 1 fully saturated rings. The molecule has 3 N–H and O–H groups in total. The van der Waals surface area contributed by atoms with Gasteiger partial charge in [-0.05, 0) is 13.8 Å². The first-order valence-corrected chi connectivity index (χ1v) is 4.43. The normalized spacial score (nSPS) is 32.8. The van der Waals surface area contributed by atoms with E-state index in [0.29, 0.717) is 18.6 Å². The Balaban J connectivity index is 2.38. The number of rotatable bonds is 2. The summed E-state index contributed by atoms with van der Waals surface area (Å²) >= 11 is 0. The van der Waals surface area contributed by atoms with Gasteiger partial charge in [-0.15, -0.1) is 0 Å². The number of aliphatic hydroxyl groups is 2. The number of piperazine rings is 1. The fourth-order valence-electron chi connectivity index (χ4n) is 1.56. The average Bonchev–Trinajstić information content (AvgIpc) is 1.96. The van der Waals surface area contributed by atoms with Gasteiger partial charge in [-0.2, -0.15) is 0 Å². The summed E-state index contributed by atoms with van der Waals surface area (Å²) in [6.07, 6.45) is -1.21. The monoisotopic (exact) mass is 174 g/mol. The Morgan fingerprint density at radius 3 is 2.75 bits per heavy atom. The van der Waals surface area contributed by atoms with Gasteiger partial charge in [0.15, 0.2) is 6.29 Å². The standard InChI is InChI=1S/C8H18N2O2/c1-6-4-10(5-8(11)12)7(2)3-9-6/h6-9,11-12H,3-5H2,1-2H3. The van der Waals surface area contributed by atoms with Gasteiger partial charge < -0.3 is 15.5 Å². The lowest BCUT2D eigenvalue weighted by Gasteiger charge is -2.37. The third-order valence-electron chi connectivity index (χ3n) is 2.29. The molecule has 0 amide bonds. The molecule has 1 saturated heterocycles. The van der Waals surface area contributed by atoms with Crippen molar-refractivity contribution in [3.05, 3.63) is 0 Å². The molecule has 0 aromatic carbocycles. The highest BCUT2D eigenvalue weighted by atomic mass is 16.5. The Hall–Kier alpha value is -0.160. The molecule has 1 aliphatic rings. The van der Waals surface area contributed by atoms with Crippen molar-refractivity contribution < 1.29 is 10.2 Å². The first-order chi connectivity index (χ1) is 5.59. The smallest absolute Gasteiger partial charge is 0.164 e. The van der Waals surface area contributed by atoms with Crippen molar-refractivity contribution in [2.75, 3.05) is 19.6 Å². The van der Waals surface area contributed by atoms with Gasteiger partial charge in [0.25, 0.3) is 0 Å². The molecule has 4 nitrogen and oxygen atoms in total. The van der Waals surface area contributed by atoms with E-state index >= 15 is 0 Å². The first-order valence-electron chi connectivity index (χ1n) is 4.43. The fourth-order valence-corrected chi connectivity index (χ4v) is 1.56. The predicted octanol–water partition coefficient (Wildman–Crippen LogP) is -1.02. The van der Waals surface area contributed by atoms with Crippen molar-refractivity contribution in [2.45, 2.75) is 32.2 Å². The lowest BCUT2D eigenvalue weighted by atomic mass is 10.1. The van der Waals surface area contributed by atoms with Crippen LogP contribution in [-0.4, -0.2) is 53.1 Å². The molecule has 4 heteroatoms. The maximum absolute atomic E-state index is 8.80. The van der Waals surface area contributed by atoms with Crippen LogP contribution < -0.4 is 5.32 Å². The Morgan fingerprint density at radius 2 is 2.17 bits per heavy atom. The Morgan fingerprint density at radius 1 is 1.50 bits per heavy atom. The number of hydrogen-bond acceptors (Lipinski definition) is 4. The number of nitrogens with one attached hydrogen (secondary N) is 1. The SMILES string of the molecule is CC1CN(CC(O)O)C(C)CN1. The summed E-state index contributed by atoms with van der Waals surface area (Å²) in [5, 5.41) is 20.9. The molecule has 0 aromatic heterocycles. The molecule has 2 atom stereocenters. The highest BCUT2D eigenvalue weighted by Crippen LogP contribution is 2.06. The van der Waals surface area contributed by atoms with E-state index < -0.39 is 6.29 Å². The summed E-state index contributed by atoms with van der Waals surface area (Å²) in [6.45, 7) is 6.35. The fraction of sp³-hybridized carbons (Fsp3) is 1.00. The van der Waals surface area contributed by atoms with Gasteiger partial charge in [0.2, 0.25) is 0 Å². The predicted molar refractivity (Wildman–Crippen MR) is 46.7 cm³/mol. The van der Waals surface area contributed by atoms with Gasteiger partial charge in [-0.1, -0.05) is 0 Å². The van der Waals surface area contributed by atoms with Crippen LogP contribution in [0.15, 0.2) is 0 Å². The first kappa shape index (κ1) is 9.92. The third-order valence-corrected chi connectivity index (χ3v) is 2.29. The van der Waals surface area contributed by atoms with Crippen molar-refractivity contribution in [3.8, 4) is 0 Å². The quantitative estimate of drug-likeness (QED) is 0.469. The third kappa shape index (κ3) is 2.71. The van der Waals surface area contributed by atoms with Crippen molar-refractivity contribution in [1.82, 2.24) is 10.2 Å². The maximum Gasteiger partial charge on any atom is 0.164 e. The highest BCUT2D eigenvalue weighted by Gasteiger charge is 2.23. The Bertz CT molecular complexity index is 139. The van der Waals surface area contributed by atoms with E-state index in [0.717, 1.165) is 13.1 Å². The molecule has 72 valence electrons. The van der Waals surface area contributed by atoms with Crippen LogP contribution in [0.4, 0.5) is 0 Å². The topological polar surface area (TPSA) is 55.7 Å². The van der Waals surface area contributed by atoms with Gasteiger partial charge >= 0.3 is 0 Å². The van der Waals surface area contributed by atoms with E-state index in [4.69, 9.17) is 10.2 Å². The second kappa shape index (κ2) is 4.18. The molecular weight excluding hydrogens is 156 g/mol. The van der Waals surface area contributed by atoms with Crippen LogP contribution >= 0.6 is 0 Å². The molecule has 2 unspecified atom stereocenters. The van der Waals surface area contributed by atoms with E-state index in [9.17, 15) is 0 Å². The maximum atomic E-state index is 8.80. The number of aliphatic hydroxyl groups excluding tert-OH is 1. The summed E-state index contributed by atoms with van der Waals surface area (Å²) in [4.78, 5) is 2.09. The van der Waals surface area contributed by atoms with Crippen molar-refractivity contribution in [3.63, 3.8) is 0 Å². The number of hydrogen-bond donors (Lipinski definition) is 3. The lowest BCUT2D eigenvalue weighted by Crippen LogP contribution is -2.55. The van der Waals surface area contributed by atoms with Crippen LogP contribution in [0.1, 0.15) is 13.8 Å². The van der Waals surface area contributed by atoms with E-state index in [1.54, 1.807) is 0 Å². The van der Waals surface area contributed by atoms with Crippen LogP contribution in [0.25, 0.3) is 0 Å². The Labute approximate surface area is 73.2 Å². The summed E-state index contributed by atoms with van der Waals surface area (Å²) in [6, 6.07) is 0.836. The van der Waals surface area contributed by atoms with Gasteiger partial charge in [-0.25, -0.2) is 0 Å². The van der Waals surface area contributed by atoms with Crippen molar-refractivity contribution >= 4 is 0 Å². The molecule has 0 bridgehead atoms. The zero-order valence-corrected chi connectivity index (χ0v) is 7.70. The largest absolute Gasteiger partial charge is 0.367 e. The second-order valence-corrected chi connectivity index (χ2v) is 3.59.